The van der Waals surface area contributed by atoms with Gasteiger partial charge in [0.25, 0.3) is 5.91 Å². The molecule has 1 amide bonds. The normalized spacial score (nSPS) is 10.6. The first kappa shape index (κ1) is 21.2. The molecule has 156 valence electrons. The van der Waals surface area contributed by atoms with Gasteiger partial charge in [-0.25, -0.2) is 0 Å². The number of carbonyl (C=O) groups is 2. The Balaban J connectivity index is 2.19. The van der Waals surface area contributed by atoms with Gasteiger partial charge in [0.2, 0.25) is 0 Å². The van der Waals surface area contributed by atoms with Crippen LogP contribution in [-0.4, -0.2) is 42.4 Å². The minimum atomic E-state index is -0.208. The van der Waals surface area contributed by atoms with E-state index in [1.54, 1.807) is 37.9 Å². The highest BCUT2D eigenvalue weighted by Gasteiger charge is 2.30. The highest BCUT2D eigenvalue weighted by Crippen LogP contribution is 2.35. The molecule has 3 aromatic rings. The van der Waals surface area contributed by atoms with Crippen LogP contribution in [0.15, 0.2) is 54.6 Å². The predicted molar refractivity (Wildman–Crippen MR) is 116 cm³/mol. The number of ketones is 1. The molecule has 0 bridgehead atoms. The van der Waals surface area contributed by atoms with Gasteiger partial charge in [0.15, 0.2) is 11.5 Å². The fourth-order valence-electron chi connectivity index (χ4n) is 3.35. The molecule has 0 aliphatic rings. The molecule has 0 atom stereocenters. The van der Waals surface area contributed by atoms with Crippen molar-refractivity contribution in [2.24, 2.45) is 0 Å². The Labute approximate surface area is 176 Å². The van der Waals surface area contributed by atoms with Crippen LogP contribution in [0.4, 0.5) is 0 Å². The third kappa shape index (κ3) is 4.08. The van der Waals surface area contributed by atoms with E-state index in [1.165, 1.54) is 11.8 Å². The van der Waals surface area contributed by atoms with Gasteiger partial charge in [-0.3, -0.25) is 14.2 Å². The van der Waals surface area contributed by atoms with Crippen LogP contribution in [0.3, 0.4) is 0 Å². The molecule has 0 radical (unpaired) electrons. The summed E-state index contributed by atoms with van der Waals surface area (Å²) in [6, 6.07) is 16.9. The second kappa shape index (κ2) is 8.86. The summed E-state index contributed by atoms with van der Waals surface area (Å²) in [5.74, 6) is 0.718. The number of rotatable bonds is 7. The molecule has 0 saturated carbocycles. The van der Waals surface area contributed by atoms with E-state index in [9.17, 15) is 9.59 Å². The summed E-state index contributed by atoms with van der Waals surface area (Å²) >= 11 is 0. The maximum atomic E-state index is 13.1. The molecule has 0 N–H and O–H groups in total. The molecule has 6 nitrogen and oxygen atoms in total. The molecule has 0 aliphatic heterocycles. The number of benzene rings is 2. The fourth-order valence-corrected chi connectivity index (χ4v) is 3.35. The van der Waals surface area contributed by atoms with Crippen molar-refractivity contribution in [1.29, 1.82) is 0 Å². The molecule has 0 spiro atoms. The van der Waals surface area contributed by atoms with Gasteiger partial charge in [-0.2, -0.15) is 0 Å². The summed E-state index contributed by atoms with van der Waals surface area (Å²) in [5, 5.41) is 0. The summed E-state index contributed by atoms with van der Waals surface area (Å²) in [4.78, 5) is 27.3. The summed E-state index contributed by atoms with van der Waals surface area (Å²) in [6.45, 7) is 3.59. The van der Waals surface area contributed by atoms with E-state index < -0.39 is 0 Å². The number of methoxy groups -OCH3 is 1. The van der Waals surface area contributed by atoms with Crippen LogP contribution in [0.2, 0.25) is 0 Å². The minimum Gasteiger partial charge on any atom is -0.497 e. The predicted octanol–water partition coefficient (Wildman–Crippen LogP) is 4.28. The summed E-state index contributed by atoms with van der Waals surface area (Å²) in [6.07, 6.45) is 0. The first-order valence-electron chi connectivity index (χ1n) is 9.64. The summed E-state index contributed by atoms with van der Waals surface area (Å²) in [7, 11) is 4.96. The van der Waals surface area contributed by atoms with Crippen molar-refractivity contribution in [2.45, 2.75) is 20.5 Å². The molecular formula is C24H26N2O4. The smallest absolute Gasteiger partial charge is 0.270 e. The van der Waals surface area contributed by atoms with Gasteiger partial charge in [0.05, 0.1) is 7.11 Å². The molecule has 0 saturated heterocycles. The Hall–Kier alpha value is -3.54. The lowest BCUT2D eigenvalue weighted by molar-refractivity contribution is 0.0819. The number of hydrogen-bond donors (Lipinski definition) is 0. The molecule has 1 aromatic heterocycles. The number of hydrogen-bond acceptors (Lipinski definition) is 4. The Morgan fingerprint density at radius 2 is 1.60 bits per heavy atom. The molecular weight excluding hydrogens is 380 g/mol. The molecule has 1 heterocycles. The van der Waals surface area contributed by atoms with Crippen LogP contribution in [0.25, 0.3) is 5.69 Å². The van der Waals surface area contributed by atoms with Crippen molar-refractivity contribution >= 4 is 11.7 Å². The van der Waals surface area contributed by atoms with Gasteiger partial charge in [-0.15, -0.1) is 0 Å². The Morgan fingerprint density at radius 1 is 0.967 bits per heavy atom. The topological polar surface area (TPSA) is 60.8 Å². The average Bonchev–Trinajstić information content (AvgIpc) is 3.04. The third-order valence-corrected chi connectivity index (χ3v) is 4.86. The van der Waals surface area contributed by atoms with E-state index in [0.717, 1.165) is 5.56 Å². The minimum absolute atomic E-state index is 0.185. The Kier molecular flexibility index (Phi) is 6.26. The van der Waals surface area contributed by atoms with Gasteiger partial charge in [-0.05, 0) is 36.8 Å². The van der Waals surface area contributed by atoms with Crippen molar-refractivity contribution in [1.82, 2.24) is 9.47 Å². The van der Waals surface area contributed by atoms with Crippen molar-refractivity contribution in [2.75, 3.05) is 21.2 Å². The maximum Gasteiger partial charge on any atom is 0.270 e. The zero-order valence-corrected chi connectivity index (χ0v) is 17.9. The van der Waals surface area contributed by atoms with E-state index >= 15 is 0 Å². The van der Waals surface area contributed by atoms with Gasteiger partial charge < -0.3 is 14.4 Å². The highest BCUT2D eigenvalue weighted by atomic mass is 16.5. The van der Waals surface area contributed by atoms with Crippen LogP contribution in [-0.2, 0) is 6.61 Å². The SMILES string of the molecule is COc1ccc(-n2c(C(=O)N(C)C)c(C)c(OCc3ccccc3)c2C(C)=O)cc1. The summed E-state index contributed by atoms with van der Waals surface area (Å²) < 4.78 is 13.0. The number of amides is 1. The largest absolute Gasteiger partial charge is 0.497 e. The summed E-state index contributed by atoms with van der Waals surface area (Å²) in [5.41, 5.74) is 3.04. The quantitative estimate of drug-likeness (QED) is 0.550. The molecule has 0 fully saturated rings. The zero-order chi connectivity index (χ0) is 21.8. The third-order valence-electron chi connectivity index (χ3n) is 4.86. The lowest BCUT2D eigenvalue weighted by Gasteiger charge is -2.16. The van der Waals surface area contributed by atoms with Gasteiger partial charge >= 0.3 is 0 Å². The lowest BCUT2D eigenvalue weighted by atomic mass is 10.2. The van der Waals surface area contributed by atoms with Gasteiger partial charge in [0, 0.05) is 32.3 Å². The highest BCUT2D eigenvalue weighted by molar-refractivity contribution is 6.03. The van der Waals surface area contributed by atoms with Gasteiger partial charge in [-0.1, -0.05) is 30.3 Å². The standard InChI is InChI=1S/C24H26N2O4/c1-16-21(24(28)25(3)4)26(19-11-13-20(29-5)14-12-19)22(17(2)27)23(16)30-15-18-9-7-6-8-10-18/h6-14H,15H2,1-5H3. The molecule has 0 unspecified atom stereocenters. The Morgan fingerprint density at radius 3 is 2.13 bits per heavy atom. The first-order valence-corrected chi connectivity index (χ1v) is 9.64. The van der Waals surface area contributed by atoms with Crippen molar-refractivity contribution in [3.05, 3.63) is 77.1 Å². The monoisotopic (exact) mass is 406 g/mol. The molecule has 30 heavy (non-hydrogen) atoms. The number of Topliss-reactive ketones (excluding diaryl/α,β-unsaturated/α-hetero) is 1. The van der Waals surface area contributed by atoms with Crippen LogP contribution in [0.1, 0.15) is 39.0 Å². The lowest BCUT2D eigenvalue weighted by Crippen LogP contribution is -2.25. The second-order valence-electron chi connectivity index (χ2n) is 7.21. The molecule has 2 aromatic carbocycles. The molecule has 6 heteroatoms. The van der Waals surface area contributed by atoms with Crippen LogP contribution >= 0.6 is 0 Å². The Bertz CT molecular complexity index is 1050. The van der Waals surface area contributed by atoms with Crippen LogP contribution in [0, 0.1) is 6.92 Å². The maximum absolute atomic E-state index is 13.1. The van der Waals surface area contributed by atoms with E-state index in [4.69, 9.17) is 9.47 Å². The molecule has 3 rings (SSSR count). The van der Waals surface area contributed by atoms with Gasteiger partial charge in [0.1, 0.15) is 23.7 Å². The second-order valence-corrected chi connectivity index (χ2v) is 7.21. The van der Waals surface area contributed by atoms with Crippen molar-refractivity contribution in [3.63, 3.8) is 0 Å². The number of aromatic nitrogens is 1. The number of ether oxygens (including phenoxy) is 2. The van der Waals surface area contributed by atoms with E-state index in [-0.39, 0.29) is 11.7 Å². The molecule has 0 aliphatic carbocycles. The van der Waals surface area contributed by atoms with E-state index in [0.29, 0.717) is 40.7 Å². The number of carbonyl (C=O) groups excluding carboxylic acids is 2. The first-order chi connectivity index (χ1) is 14.3. The number of nitrogens with zero attached hydrogens (tertiary/aromatic N) is 2. The van der Waals surface area contributed by atoms with Crippen molar-refractivity contribution in [3.8, 4) is 17.2 Å². The van der Waals surface area contributed by atoms with Crippen LogP contribution < -0.4 is 9.47 Å². The van der Waals surface area contributed by atoms with E-state index in [1.807, 2.05) is 49.4 Å². The van der Waals surface area contributed by atoms with Crippen molar-refractivity contribution < 1.29 is 19.1 Å². The fraction of sp³-hybridized carbons (Fsp3) is 0.250. The van der Waals surface area contributed by atoms with E-state index in [2.05, 4.69) is 0 Å². The average molecular weight is 406 g/mol. The van der Waals surface area contributed by atoms with Crippen LogP contribution in [0.5, 0.6) is 11.5 Å². The zero-order valence-electron chi connectivity index (χ0n) is 17.9.